The van der Waals surface area contributed by atoms with Crippen molar-refractivity contribution in [1.29, 1.82) is 0 Å². The number of anilines is 1. The van der Waals surface area contributed by atoms with Crippen molar-refractivity contribution in [2.45, 2.75) is 18.7 Å². The Bertz CT molecular complexity index is 370. The van der Waals surface area contributed by atoms with E-state index in [0.29, 0.717) is 10.2 Å². The van der Waals surface area contributed by atoms with Crippen LogP contribution in [0.3, 0.4) is 0 Å². The minimum Gasteiger partial charge on any atom is -0.398 e. The van der Waals surface area contributed by atoms with Crippen LogP contribution in [0.1, 0.15) is 13.8 Å². The number of hydrogen-bond acceptors (Lipinski definition) is 3. The molecular formula is C12H18BrFN2S. The highest BCUT2D eigenvalue weighted by Gasteiger charge is 2.07. The maximum Gasteiger partial charge on any atom is 0.139 e. The summed E-state index contributed by atoms with van der Waals surface area (Å²) < 4.78 is 13.6. The van der Waals surface area contributed by atoms with Crippen LogP contribution in [0.4, 0.5) is 10.1 Å². The summed E-state index contributed by atoms with van der Waals surface area (Å²) in [4.78, 5) is 3.28. The van der Waals surface area contributed by atoms with Crippen molar-refractivity contribution in [1.82, 2.24) is 4.90 Å². The lowest BCUT2D eigenvalue weighted by Gasteiger charge is -2.17. The van der Waals surface area contributed by atoms with Crippen LogP contribution in [0.5, 0.6) is 0 Å². The van der Waals surface area contributed by atoms with Gasteiger partial charge in [-0.15, -0.1) is 11.8 Å². The molecule has 0 unspecified atom stereocenters. The maximum absolute atomic E-state index is 13.2. The summed E-state index contributed by atoms with van der Waals surface area (Å²) in [5.41, 5.74) is 6.29. The van der Waals surface area contributed by atoms with Gasteiger partial charge in [0, 0.05) is 22.9 Å². The summed E-state index contributed by atoms with van der Waals surface area (Å²) in [5.74, 6) is 0.653. The van der Waals surface area contributed by atoms with Crippen LogP contribution >= 0.6 is 27.7 Å². The number of nitrogens with zero attached hydrogens (tertiary/aromatic N) is 1. The van der Waals surface area contributed by atoms with Crippen molar-refractivity contribution >= 4 is 33.4 Å². The zero-order valence-electron chi connectivity index (χ0n) is 10.2. The molecule has 17 heavy (non-hydrogen) atoms. The van der Waals surface area contributed by atoms with Crippen molar-refractivity contribution in [2.24, 2.45) is 0 Å². The molecule has 0 amide bonds. The van der Waals surface area contributed by atoms with E-state index < -0.39 is 0 Å². The third-order valence-electron chi connectivity index (χ3n) is 2.61. The van der Waals surface area contributed by atoms with Gasteiger partial charge in [0.15, 0.2) is 0 Å². The van der Waals surface area contributed by atoms with Gasteiger partial charge < -0.3 is 10.6 Å². The van der Waals surface area contributed by atoms with Crippen LogP contribution in [-0.4, -0.2) is 30.3 Å². The fourth-order valence-electron chi connectivity index (χ4n) is 1.49. The van der Waals surface area contributed by atoms with Crippen molar-refractivity contribution in [3.8, 4) is 0 Å². The molecule has 0 radical (unpaired) electrons. The first-order valence-corrected chi connectivity index (χ1v) is 7.46. The first-order valence-electron chi connectivity index (χ1n) is 5.68. The van der Waals surface area contributed by atoms with Crippen LogP contribution in [0, 0.1) is 5.82 Å². The molecule has 1 aromatic rings. The molecule has 2 nitrogen and oxygen atoms in total. The number of rotatable bonds is 6. The summed E-state index contributed by atoms with van der Waals surface area (Å²) >= 11 is 4.84. The Hall–Kier alpha value is -0.260. The van der Waals surface area contributed by atoms with Gasteiger partial charge in [-0.3, -0.25) is 0 Å². The monoisotopic (exact) mass is 320 g/mol. The number of benzene rings is 1. The minimum absolute atomic E-state index is 0.310. The van der Waals surface area contributed by atoms with Gasteiger partial charge in [0.05, 0.1) is 4.47 Å². The predicted molar refractivity (Wildman–Crippen MR) is 77.0 cm³/mol. The number of nitrogen functional groups attached to an aromatic ring is 1. The molecule has 2 N–H and O–H groups in total. The molecule has 5 heteroatoms. The molecule has 0 aromatic heterocycles. The van der Waals surface area contributed by atoms with Gasteiger partial charge in [-0.25, -0.2) is 4.39 Å². The zero-order chi connectivity index (χ0) is 12.8. The standard InChI is InChI=1S/C12H18BrFN2S/c1-3-16(4-2)5-6-17-12-7-9(13)10(14)8-11(12)15/h7-8H,3-6,15H2,1-2H3. The number of halogens is 2. The van der Waals surface area contributed by atoms with E-state index in [4.69, 9.17) is 5.73 Å². The average molecular weight is 321 g/mol. The molecule has 0 aliphatic rings. The molecule has 0 saturated heterocycles. The van der Waals surface area contributed by atoms with Gasteiger partial charge in [-0.1, -0.05) is 13.8 Å². The quantitative estimate of drug-likeness (QED) is 0.641. The van der Waals surface area contributed by atoms with Crippen LogP contribution in [0.25, 0.3) is 0 Å². The lowest BCUT2D eigenvalue weighted by molar-refractivity contribution is 0.324. The summed E-state index contributed by atoms with van der Waals surface area (Å²) in [6.07, 6.45) is 0. The van der Waals surface area contributed by atoms with Crippen molar-refractivity contribution in [3.63, 3.8) is 0 Å². The normalized spacial score (nSPS) is 11.1. The average Bonchev–Trinajstić information content (AvgIpc) is 2.31. The third-order valence-corrected chi connectivity index (χ3v) is 4.27. The molecule has 0 heterocycles. The minimum atomic E-state index is -0.310. The van der Waals surface area contributed by atoms with Gasteiger partial charge in [-0.2, -0.15) is 0 Å². The summed E-state index contributed by atoms with van der Waals surface area (Å²) in [7, 11) is 0. The van der Waals surface area contributed by atoms with Gasteiger partial charge in [0.2, 0.25) is 0 Å². The topological polar surface area (TPSA) is 29.3 Å². The fourth-order valence-corrected chi connectivity index (χ4v) is 2.98. The molecule has 0 aliphatic heterocycles. The Morgan fingerprint density at radius 1 is 1.35 bits per heavy atom. The van der Waals surface area contributed by atoms with Gasteiger partial charge in [0.25, 0.3) is 0 Å². The van der Waals surface area contributed by atoms with E-state index >= 15 is 0 Å². The summed E-state index contributed by atoms with van der Waals surface area (Å²) in [5, 5.41) is 0. The van der Waals surface area contributed by atoms with E-state index in [9.17, 15) is 4.39 Å². The Morgan fingerprint density at radius 2 is 2.00 bits per heavy atom. The lowest BCUT2D eigenvalue weighted by atomic mass is 10.3. The third kappa shape index (κ3) is 4.48. The highest BCUT2D eigenvalue weighted by Crippen LogP contribution is 2.30. The molecule has 1 rings (SSSR count). The lowest BCUT2D eigenvalue weighted by Crippen LogP contribution is -2.25. The van der Waals surface area contributed by atoms with Crippen molar-refractivity contribution in [2.75, 3.05) is 31.1 Å². The molecule has 0 bridgehead atoms. The molecule has 0 aliphatic carbocycles. The Morgan fingerprint density at radius 3 is 2.59 bits per heavy atom. The second-order valence-electron chi connectivity index (χ2n) is 3.68. The van der Waals surface area contributed by atoms with Gasteiger partial charge in [-0.05, 0) is 41.2 Å². The number of nitrogens with two attached hydrogens (primary N) is 1. The van der Waals surface area contributed by atoms with E-state index in [2.05, 4.69) is 34.7 Å². The van der Waals surface area contributed by atoms with E-state index in [1.165, 1.54) is 6.07 Å². The molecule has 0 spiro atoms. The first-order chi connectivity index (χ1) is 8.08. The SMILES string of the molecule is CCN(CC)CCSc1cc(Br)c(F)cc1N. The Balaban J connectivity index is 2.55. The second-order valence-corrected chi connectivity index (χ2v) is 5.67. The van der Waals surface area contributed by atoms with E-state index in [-0.39, 0.29) is 5.82 Å². The molecular weight excluding hydrogens is 303 g/mol. The van der Waals surface area contributed by atoms with E-state index in [1.807, 2.05) is 0 Å². The summed E-state index contributed by atoms with van der Waals surface area (Å²) in [6.45, 7) is 7.43. The largest absolute Gasteiger partial charge is 0.398 e. The maximum atomic E-state index is 13.2. The van der Waals surface area contributed by atoms with Gasteiger partial charge >= 0.3 is 0 Å². The zero-order valence-corrected chi connectivity index (χ0v) is 12.6. The predicted octanol–water partition coefficient (Wildman–Crippen LogP) is 3.60. The summed E-state index contributed by atoms with van der Waals surface area (Å²) in [6, 6.07) is 3.11. The smallest absolute Gasteiger partial charge is 0.139 e. The first kappa shape index (κ1) is 14.8. The Kier molecular flexibility index (Phi) is 6.30. The van der Waals surface area contributed by atoms with Crippen LogP contribution < -0.4 is 5.73 Å². The van der Waals surface area contributed by atoms with Crippen LogP contribution in [0.2, 0.25) is 0 Å². The number of thioether (sulfide) groups is 1. The second kappa shape index (κ2) is 7.24. The van der Waals surface area contributed by atoms with Crippen LogP contribution in [0.15, 0.2) is 21.5 Å². The fraction of sp³-hybridized carbons (Fsp3) is 0.500. The highest BCUT2D eigenvalue weighted by molar-refractivity contribution is 9.10. The highest BCUT2D eigenvalue weighted by atomic mass is 79.9. The molecule has 0 atom stereocenters. The van der Waals surface area contributed by atoms with E-state index in [0.717, 1.165) is 30.3 Å². The molecule has 1 aromatic carbocycles. The molecule has 96 valence electrons. The van der Waals surface area contributed by atoms with Gasteiger partial charge in [0.1, 0.15) is 5.82 Å². The van der Waals surface area contributed by atoms with Crippen molar-refractivity contribution < 1.29 is 4.39 Å². The molecule has 0 saturated carbocycles. The Labute approximate surface area is 115 Å². The van der Waals surface area contributed by atoms with Crippen molar-refractivity contribution in [3.05, 3.63) is 22.4 Å². The molecule has 0 fully saturated rings. The number of hydrogen-bond donors (Lipinski definition) is 1. The van der Waals surface area contributed by atoms with E-state index in [1.54, 1.807) is 17.8 Å². The van der Waals surface area contributed by atoms with Crippen LogP contribution in [-0.2, 0) is 0 Å².